The van der Waals surface area contributed by atoms with E-state index < -0.39 is 0 Å². The molecule has 7 heteroatoms. The second-order valence-electron chi connectivity index (χ2n) is 7.97. The largest absolute Gasteiger partial charge is 0.495 e. The van der Waals surface area contributed by atoms with Crippen LogP contribution in [0.5, 0.6) is 5.75 Å². The summed E-state index contributed by atoms with van der Waals surface area (Å²) in [4.78, 5) is 33.7. The summed E-state index contributed by atoms with van der Waals surface area (Å²) < 4.78 is 5.48. The van der Waals surface area contributed by atoms with Crippen molar-refractivity contribution in [2.24, 2.45) is 0 Å². The molecule has 158 valence electrons. The number of likely N-dealkylation sites (tertiary alicyclic amines) is 1. The second-order valence-corrected chi connectivity index (χ2v) is 8.91. The minimum absolute atomic E-state index is 0.224. The van der Waals surface area contributed by atoms with Gasteiger partial charge in [0.05, 0.1) is 18.4 Å². The fourth-order valence-electron chi connectivity index (χ4n) is 4.25. The highest BCUT2D eigenvalue weighted by atomic mass is 32.1. The topological polar surface area (TPSA) is 53.1 Å². The minimum Gasteiger partial charge on any atom is -0.495 e. The van der Waals surface area contributed by atoms with Crippen LogP contribution < -0.4 is 9.64 Å². The number of ether oxygens (including phenoxy) is 1. The number of piperidine rings is 1. The number of likely N-dealkylation sites (N-methyl/N-ethyl adjacent to an activating group) is 1. The molecule has 0 radical (unpaired) electrons. The van der Waals surface area contributed by atoms with Crippen molar-refractivity contribution < 1.29 is 14.3 Å². The number of carbonyl (C=O) groups is 2. The molecule has 0 spiro atoms. The number of carbonyl (C=O) groups excluding carboxylic acids is 2. The van der Waals surface area contributed by atoms with Gasteiger partial charge in [0, 0.05) is 18.0 Å². The summed E-state index contributed by atoms with van der Waals surface area (Å²) in [6, 6.07) is 9.58. The molecule has 1 saturated heterocycles. The van der Waals surface area contributed by atoms with Crippen LogP contribution in [-0.2, 0) is 9.59 Å². The molecule has 0 atom stereocenters. The highest BCUT2D eigenvalue weighted by Gasteiger charge is 2.44. The van der Waals surface area contributed by atoms with E-state index in [4.69, 9.17) is 4.74 Å². The van der Waals surface area contributed by atoms with Gasteiger partial charge in [0.2, 0.25) is 0 Å². The fraction of sp³-hybridized carbons (Fsp3) is 0.391. The number of hydrogen-bond acceptors (Lipinski definition) is 6. The zero-order valence-electron chi connectivity index (χ0n) is 17.8. The predicted octanol–water partition coefficient (Wildman–Crippen LogP) is 3.38. The van der Waals surface area contributed by atoms with Crippen molar-refractivity contribution in [3.05, 3.63) is 51.8 Å². The van der Waals surface area contributed by atoms with Crippen molar-refractivity contribution >= 4 is 34.4 Å². The normalized spacial score (nSPS) is 18.5. The molecule has 0 saturated carbocycles. The molecule has 2 aliphatic rings. The Morgan fingerprint density at radius 2 is 1.87 bits per heavy atom. The lowest BCUT2D eigenvalue weighted by Crippen LogP contribution is -2.43. The average Bonchev–Trinajstić information content (AvgIpc) is 3.34. The van der Waals surface area contributed by atoms with Crippen molar-refractivity contribution in [3.63, 3.8) is 0 Å². The number of imide groups is 1. The molecule has 6 nitrogen and oxygen atoms in total. The standard InChI is InChI=1S/C23H27N3O3S/c1-15-7-8-18(29-4)17(14-15)26-22(27)20(19-6-5-13-30-19)21(23(26)28)25(3)16-9-11-24(2)12-10-16/h5-8,13-14,16H,9-12H2,1-4H3. The molecule has 0 bridgehead atoms. The lowest BCUT2D eigenvalue weighted by atomic mass is 10.0. The van der Waals surface area contributed by atoms with Crippen molar-refractivity contribution in [3.8, 4) is 5.75 Å². The van der Waals surface area contributed by atoms with Gasteiger partial charge < -0.3 is 14.5 Å². The Morgan fingerprint density at radius 3 is 2.50 bits per heavy atom. The van der Waals surface area contributed by atoms with Crippen LogP contribution in [0.15, 0.2) is 41.4 Å². The summed E-state index contributed by atoms with van der Waals surface area (Å²) in [5, 5.41) is 1.93. The third-order valence-electron chi connectivity index (χ3n) is 5.99. The quantitative estimate of drug-likeness (QED) is 0.688. The van der Waals surface area contributed by atoms with Crippen LogP contribution in [0.4, 0.5) is 5.69 Å². The Kier molecular flexibility index (Phi) is 5.66. The zero-order chi connectivity index (χ0) is 21.4. The van der Waals surface area contributed by atoms with Crippen LogP contribution in [0.1, 0.15) is 23.3 Å². The molecule has 2 aromatic rings. The Bertz CT molecular complexity index is 991. The number of thiophene rings is 1. The van der Waals surface area contributed by atoms with Crippen LogP contribution in [0.25, 0.3) is 5.57 Å². The van der Waals surface area contributed by atoms with Gasteiger partial charge >= 0.3 is 0 Å². The molecular weight excluding hydrogens is 398 g/mol. The summed E-state index contributed by atoms with van der Waals surface area (Å²) in [7, 11) is 5.61. The predicted molar refractivity (Wildman–Crippen MR) is 120 cm³/mol. The maximum absolute atomic E-state index is 13.7. The van der Waals surface area contributed by atoms with E-state index in [1.807, 2.05) is 48.5 Å². The first-order chi connectivity index (χ1) is 14.4. The maximum Gasteiger partial charge on any atom is 0.282 e. The van der Waals surface area contributed by atoms with E-state index in [1.54, 1.807) is 13.2 Å². The lowest BCUT2D eigenvalue weighted by Gasteiger charge is -2.36. The minimum atomic E-state index is -0.291. The Morgan fingerprint density at radius 1 is 1.13 bits per heavy atom. The monoisotopic (exact) mass is 425 g/mol. The molecule has 0 aliphatic carbocycles. The van der Waals surface area contributed by atoms with Gasteiger partial charge in [-0.15, -0.1) is 11.3 Å². The second kappa shape index (κ2) is 8.24. The highest BCUT2D eigenvalue weighted by molar-refractivity contribution is 7.11. The van der Waals surface area contributed by atoms with E-state index in [1.165, 1.54) is 16.2 Å². The van der Waals surface area contributed by atoms with Crippen molar-refractivity contribution in [2.45, 2.75) is 25.8 Å². The lowest BCUT2D eigenvalue weighted by molar-refractivity contribution is -0.120. The van der Waals surface area contributed by atoms with Crippen LogP contribution in [0, 0.1) is 6.92 Å². The Balaban J connectivity index is 1.79. The molecule has 0 unspecified atom stereocenters. The summed E-state index contributed by atoms with van der Waals surface area (Å²) in [5.74, 6) is -0.0640. The Hall–Kier alpha value is -2.64. The average molecular weight is 426 g/mol. The first-order valence-corrected chi connectivity index (χ1v) is 11.0. The molecule has 2 aliphatic heterocycles. The van der Waals surface area contributed by atoms with Crippen LogP contribution >= 0.6 is 11.3 Å². The van der Waals surface area contributed by atoms with Gasteiger partial charge in [-0.2, -0.15) is 0 Å². The molecule has 4 rings (SSSR count). The summed E-state index contributed by atoms with van der Waals surface area (Å²) in [6.07, 6.45) is 1.92. The van der Waals surface area contributed by atoms with E-state index in [0.29, 0.717) is 22.7 Å². The van der Waals surface area contributed by atoms with Crippen molar-refractivity contribution in [1.29, 1.82) is 0 Å². The smallest absolute Gasteiger partial charge is 0.282 e. The summed E-state index contributed by atoms with van der Waals surface area (Å²) >= 11 is 1.48. The van der Waals surface area contributed by atoms with Crippen LogP contribution in [0.2, 0.25) is 0 Å². The molecule has 30 heavy (non-hydrogen) atoms. The van der Waals surface area contributed by atoms with Gasteiger partial charge in [-0.25, -0.2) is 4.90 Å². The van der Waals surface area contributed by atoms with Crippen molar-refractivity contribution in [2.75, 3.05) is 39.2 Å². The maximum atomic E-state index is 13.7. The molecule has 0 N–H and O–H groups in total. The highest BCUT2D eigenvalue weighted by Crippen LogP contribution is 2.40. The zero-order valence-corrected chi connectivity index (χ0v) is 18.7. The third kappa shape index (κ3) is 3.52. The first kappa shape index (κ1) is 20.6. The fourth-order valence-corrected chi connectivity index (χ4v) is 5.01. The van der Waals surface area contributed by atoms with Gasteiger partial charge in [-0.3, -0.25) is 9.59 Å². The van der Waals surface area contributed by atoms with Gasteiger partial charge in [-0.1, -0.05) is 12.1 Å². The van der Waals surface area contributed by atoms with Gasteiger partial charge in [0.15, 0.2) is 0 Å². The van der Waals surface area contributed by atoms with Crippen molar-refractivity contribution in [1.82, 2.24) is 9.80 Å². The van der Waals surface area contributed by atoms with Gasteiger partial charge in [0.25, 0.3) is 11.8 Å². The Labute approximate surface area is 181 Å². The molecule has 2 amide bonds. The number of anilines is 1. The number of nitrogens with zero attached hydrogens (tertiary/aromatic N) is 3. The van der Waals surface area contributed by atoms with Gasteiger partial charge in [0.1, 0.15) is 11.4 Å². The van der Waals surface area contributed by atoms with E-state index in [-0.39, 0.29) is 17.9 Å². The van der Waals surface area contributed by atoms with E-state index in [9.17, 15) is 9.59 Å². The summed E-state index contributed by atoms with van der Waals surface area (Å²) in [6.45, 7) is 3.90. The molecule has 1 fully saturated rings. The van der Waals surface area contributed by atoms with Crippen LogP contribution in [0.3, 0.4) is 0 Å². The number of amides is 2. The molecular formula is C23H27N3O3S. The van der Waals surface area contributed by atoms with Crippen LogP contribution in [-0.4, -0.2) is 62.0 Å². The van der Waals surface area contributed by atoms with E-state index >= 15 is 0 Å². The number of hydrogen-bond donors (Lipinski definition) is 0. The van der Waals surface area contributed by atoms with Gasteiger partial charge in [-0.05, 0) is 69.0 Å². The summed E-state index contributed by atoms with van der Waals surface area (Å²) in [5.41, 5.74) is 2.43. The van der Waals surface area contributed by atoms with E-state index in [0.717, 1.165) is 36.4 Å². The number of rotatable bonds is 5. The number of methoxy groups -OCH3 is 1. The SMILES string of the molecule is COc1ccc(C)cc1N1C(=O)C(c2cccs2)=C(N(C)C2CCN(C)CC2)C1=O. The molecule has 1 aromatic carbocycles. The molecule has 1 aromatic heterocycles. The number of aryl methyl sites for hydroxylation is 1. The number of benzene rings is 1. The molecule has 3 heterocycles. The first-order valence-electron chi connectivity index (χ1n) is 10.1. The third-order valence-corrected chi connectivity index (χ3v) is 6.88. The van der Waals surface area contributed by atoms with E-state index in [2.05, 4.69) is 11.9 Å².